The van der Waals surface area contributed by atoms with E-state index in [2.05, 4.69) is 0 Å². The van der Waals surface area contributed by atoms with Gasteiger partial charge in [0.25, 0.3) is 5.56 Å². The van der Waals surface area contributed by atoms with E-state index in [9.17, 15) is 4.79 Å². The van der Waals surface area contributed by atoms with Crippen molar-refractivity contribution in [2.45, 2.75) is 24.3 Å². The van der Waals surface area contributed by atoms with Gasteiger partial charge in [0, 0.05) is 41.4 Å². The number of benzene rings is 1. The van der Waals surface area contributed by atoms with Gasteiger partial charge in [0.15, 0.2) is 0 Å². The van der Waals surface area contributed by atoms with Crippen molar-refractivity contribution in [3.05, 3.63) is 63.0 Å². The van der Waals surface area contributed by atoms with E-state index in [4.69, 9.17) is 16.3 Å². The summed E-state index contributed by atoms with van der Waals surface area (Å²) in [5.41, 5.74) is 2.19. The van der Waals surface area contributed by atoms with Gasteiger partial charge >= 0.3 is 0 Å². The molecule has 0 atom stereocenters. The Balaban J connectivity index is 1.60. The van der Waals surface area contributed by atoms with Gasteiger partial charge in [-0.1, -0.05) is 11.6 Å². The van der Waals surface area contributed by atoms with Gasteiger partial charge in [-0.2, -0.15) is 11.8 Å². The Kier molecular flexibility index (Phi) is 5.34. The maximum absolute atomic E-state index is 11.6. The van der Waals surface area contributed by atoms with E-state index in [0.29, 0.717) is 0 Å². The molecule has 0 aliphatic heterocycles. The SMILES string of the molecule is Cn1ccc(CSCc2cc(Cl)ccc2OCC2CC2)cc1=O. The average Bonchev–Trinajstić information content (AvgIpc) is 3.34. The largest absolute Gasteiger partial charge is 0.493 e. The first-order valence-corrected chi connectivity index (χ1v) is 9.29. The maximum atomic E-state index is 11.6. The molecule has 5 heteroatoms. The molecule has 0 spiro atoms. The number of pyridine rings is 1. The molecular formula is C18H20ClNO2S. The van der Waals surface area contributed by atoms with E-state index in [1.807, 2.05) is 30.5 Å². The fourth-order valence-corrected chi connectivity index (χ4v) is 3.41. The van der Waals surface area contributed by atoms with Crippen molar-refractivity contribution in [2.24, 2.45) is 13.0 Å². The Morgan fingerprint density at radius 2 is 2.09 bits per heavy atom. The topological polar surface area (TPSA) is 31.2 Å². The average molecular weight is 350 g/mol. The van der Waals surface area contributed by atoms with Gasteiger partial charge in [0.1, 0.15) is 5.75 Å². The number of hydrogen-bond donors (Lipinski definition) is 0. The Hall–Kier alpha value is -1.39. The fraction of sp³-hybridized carbons (Fsp3) is 0.389. The molecule has 1 aliphatic carbocycles. The summed E-state index contributed by atoms with van der Waals surface area (Å²) in [5.74, 6) is 3.27. The van der Waals surface area contributed by atoms with Gasteiger partial charge in [-0.3, -0.25) is 4.79 Å². The van der Waals surface area contributed by atoms with Crippen LogP contribution < -0.4 is 10.3 Å². The second kappa shape index (κ2) is 7.45. The highest BCUT2D eigenvalue weighted by molar-refractivity contribution is 7.97. The normalized spacial score (nSPS) is 14.0. The minimum Gasteiger partial charge on any atom is -0.493 e. The predicted molar refractivity (Wildman–Crippen MR) is 96.4 cm³/mol. The number of halogens is 1. The number of hydrogen-bond acceptors (Lipinski definition) is 3. The Labute approximate surface area is 145 Å². The Bertz CT molecular complexity index is 740. The summed E-state index contributed by atoms with van der Waals surface area (Å²) in [6, 6.07) is 9.48. The molecule has 3 rings (SSSR count). The second-order valence-electron chi connectivity index (χ2n) is 5.98. The molecule has 2 aromatic rings. The van der Waals surface area contributed by atoms with Crippen LogP contribution in [0.5, 0.6) is 5.75 Å². The lowest BCUT2D eigenvalue weighted by atomic mass is 10.2. The van der Waals surface area contributed by atoms with Gasteiger partial charge in [0.2, 0.25) is 0 Å². The second-order valence-corrected chi connectivity index (χ2v) is 7.41. The lowest BCUT2D eigenvalue weighted by Gasteiger charge is -2.12. The van der Waals surface area contributed by atoms with Gasteiger partial charge in [-0.15, -0.1) is 0 Å². The molecule has 122 valence electrons. The smallest absolute Gasteiger partial charge is 0.250 e. The molecule has 0 amide bonds. The molecular weight excluding hydrogens is 330 g/mol. The van der Waals surface area contributed by atoms with Crippen molar-refractivity contribution in [2.75, 3.05) is 6.61 Å². The molecule has 3 nitrogen and oxygen atoms in total. The molecule has 0 unspecified atom stereocenters. The monoisotopic (exact) mass is 349 g/mol. The van der Waals surface area contributed by atoms with Crippen LogP contribution in [0.3, 0.4) is 0 Å². The van der Waals surface area contributed by atoms with Crippen molar-refractivity contribution < 1.29 is 4.74 Å². The number of rotatable bonds is 7. The zero-order valence-corrected chi connectivity index (χ0v) is 14.7. The van der Waals surface area contributed by atoms with Crippen molar-refractivity contribution in [1.82, 2.24) is 4.57 Å². The van der Waals surface area contributed by atoms with Crippen LogP contribution in [0.15, 0.2) is 41.3 Å². The minimum atomic E-state index is 0.0271. The highest BCUT2D eigenvalue weighted by atomic mass is 35.5. The molecule has 1 saturated carbocycles. The van der Waals surface area contributed by atoms with Crippen molar-refractivity contribution in [3.63, 3.8) is 0 Å². The van der Waals surface area contributed by atoms with E-state index >= 15 is 0 Å². The minimum absolute atomic E-state index is 0.0271. The first kappa shape index (κ1) is 16.5. The van der Waals surface area contributed by atoms with Crippen LogP contribution in [0.2, 0.25) is 5.02 Å². The highest BCUT2D eigenvalue weighted by Gasteiger charge is 2.22. The number of aryl methyl sites for hydroxylation is 1. The lowest BCUT2D eigenvalue weighted by molar-refractivity contribution is 0.297. The van der Waals surface area contributed by atoms with E-state index in [0.717, 1.165) is 45.9 Å². The van der Waals surface area contributed by atoms with Gasteiger partial charge < -0.3 is 9.30 Å². The van der Waals surface area contributed by atoms with Crippen LogP contribution in [0.1, 0.15) is 24.0 Å². The predicted octanol–water partition coefficient (Wildman–Crippen LogP) is 4.26. The maximum Gasteiger partial charge on any atom is 0.250 e. The van der Waals surface area contributed by atoms with E-state index in [-0.39, 0.29) is 5.56 Å². The van der Waals surface area contributed by atoms with Crippen LogP contribution in [0.25, 0.3) is 0 Å². The van der Waals surface area contributed by atoms with Crippen molar-refractivity contribution >= 4 is 23.4 Å². The number of ether oxygens (including phenoxy) is 1. The van der Waals surface area contributed by atoms with Crippen LogP contribution in [-0.4, -0.2) is 11.2 Å². The van der Waals surface area contributed by atoms with Crippen LogP contribution in [-0.2, 0) is 18.6 Å². The summed E-state index contributed by atoms with van der Waals surface area (Å²) in [7, 11) is 1.76. The van der Waals surface area contributed by atoms with Crippen LogP contribution >= 0.6 is 23.4 Å². The number of nitrogens with zero attached hydrogens (tertiary/aromatic N) is 1. The summed E-state index contributed by atoms with van der Waals surface area (Å²) in [6.45, 7) is 0.800. The first-order valence-electron chi connectivity index (χ1n) is 7.76. The molecule has 0 N–H and O–H groups in total. The first-order chi connectivity index (χ1) is 11.1. The molecule has 1 aromatic heterocycles. The number of aromatic nitrogens is 1. The zero-order chi connectivity index (χ0) is 16.2. The molecule has 1 aliphatic rings. The molecule has 23 heavy (non-hydrogen) atoms. The molecule has 0 saturated heterocycles. The third-order valence-electron chi connectivity index (χ3n) is 3.89. The fourth-order valence-electron chi connectivity index (χ4n) is 2.25. The van der Waals surface area contributed by atoms with Crippen molar-refractivity contribution in [1.29, 1.82) is 0 Å². The summed E-state index contributed by atoms with van der Waals surface area (Å²) < 4.78 is 7.51. The lowest BCUT2D eigenvalue weighted by Crippen LogP contribution is -2.14. The van der Waals surface area contributed by atoms with Gasteiger partial charge in [0.05, 0.1) is 6.61 Å². The molecule has 1 aromatic carbocycles. The molecule has 0 bridgehead atoms. The number of thioether (sulfide) groups is 1. The third-order valence-corrected chi connectivity index (χ3v) is 5.18. The standard InChI is InChI=1S/C18H20ClNO2S/c1-20-7-6-14(8-18(20)21)11-23-12-15-9-16(19)4-5-17(15)22-10-13-2-3-13/h4-9,13H,2-3,10-12H2,1H3. The van der Waals surface area contributed by atoms with Crippen LogP contribution in [0.4, 0.5) is 0 Å². The summed E-state index contributed by atoms with van der Waals surface area (Å²) in [5, 5.41) is 0.730. The van der Waals surface area contributed by atoms with Crippen molar-refractivity contribution in [3.8, 4) is 5.75 Å². The van der Waals surface area contributed by atoms with E-state index in [1.54, 1.807) is 29.4 Å². The molecule has 1 heterocycles. The highest BCUT2D eigenvalue weighted by Crippen LogP contribution is 2.32. The molecule has 0 radical (unpaired) electrons. The van der Waals surface area contributed by atoms with Crippen LogP contribution in [0, 0.1) is 5.92 Å². The summed E-state index contributed by atoms with van der Waals surface area (Å²) >= 11 is 7.88. The van der Waals surface area contributed by atoms with E-state index < -0.39 is 0 Å². The third kappa shape index (κ3) is 4.79. The Morgan fingerprint density at radius 1 is 1.26 bits per heavy atom. The van der Waals surface area contributed by atoms with Gasteiger partial charge in [-0.05, 0) is 48.6 Å². The summed E-state index contributed by atoms with van der Waals surface area (Å²) in [6.07, 6.45) is 4.36. The molecule has 1 fully saturated rings. The van der Waals surface area contributed by atoms with Gasteiger partial charge in [-0.25, -0.2) is 0 Å². The summed E-state index contributed by atoms with van der Waals surface area (Å²) in [4.78, 5) is 11.6. The zero-order valence-electron chi connectivity index (χ0n) is 13.1. The quantitative estimate of drug-likeness (QED) is 0.748. The Morgan fingerprint density at radius 3 is 2.83 bits per heavy atom. The van der Waals surface area contributed by atoms with E-state index in [1.165, 1.54) is 12.8 Å².